The van der Waals surface area contributed by atoms with Gasteiger partial charge in [0.15, 0.2) is 5.96 Å². The number of nitrogens with two attached hydrogens (primary N) is 4. The fourth-order valence-corrected chi connectivity index (χ4v) is 3.76. The number of carboxylic acids is 1. The van der Waals surface area contributed by atoms with Gasteiger partial charge in [-0.25, -0.2) is 4.79 Å². The van der Waals surface area contributed by atoms with Crippen LogP contribution in [0.4, 0.5) is 0 Å². The van der Waals surface area contributed by atoms with Gasteiger partial charge in [-0.15, -0.1) is 0 Å². The van der Waals surface area contributed by atoms with Crippen LogP contribution in [0.5, 0.6) is 0 Å². The predicted octanol–water partition coefficient (Wildman–Crippen LogP) is -2.47. The highest BCUT2D eigenvalue weighted by Crippen LogP contribution is 2.18. The summed E-state index contributed by atoms with van der Waals surface area (Å²) in [6.45, 7) is 1.55. The van der Waals surface area contributed by atoms with Crippen LogP contribution < -0.4 is 38.9 Å². The van der Waals surface area contributed by atoms with Crippen LogP contribution in [0.1, 0.15) is 31.7 Å². The number of carboxylic acid groups (broad SMARTS) is 1. The number of aromatic nitrogens is 1. The number of carbonyl (C=O) groups excluding carboxylic acids is 4. The number of para-hydroxylation sites is 1. The first-order valence-corrected chi connectivity index (χ1v) is 12.2. The van der Waals surface area contributed by atoms with Crippen molar-refractivity contribution in [2.45, 2.75) is 56.8 Å². The van der Waals surface area contributed by atoms with Crippen LogP contribution in [-0.2, 0) is 30.4 Å². The highest BCUT2D eigenvalue weighted by atomic mass is 16.4. The minimum absolute atomic E-state index is 0.0258. The molecule has 4 unspecified atom stereocenters. The second kappa shape index (κ2) is 14.3. The number of benzene rings is 1. The smallest absolute Gasteiger partial charge is 0.326 e. The number of nitrogens with zero attached hydrogens (tertiary/aromatic N) is 1. The van der Waals surface area contributed by atoms with E-state index < -0.39 is 60.2 Å². The number of nitrogens with one attached hydrogen (secondary N) is 4. The summed E-state index contributed by atoms with van der Waals surface area (Å²) in [4.78, 5) is 67.8. The molecule has 0 bridgehead atoms. The van der Waals surface area contributed by atoms with Crippen molar-refractivity contribution in [3.05, 3.63) is 36.0 Å². The van der Waals surface area contributed by atoms with E-state index in [4.69, 9.17) is 22.9 Å². The van der Waals surface area contributed by atoms with Gasteiger partial charge in [0.1, 0.15) is 18.1 Å². The van der Waals surface area contributed by atoms with Crippen molar-refractivity contribution in [2.75, 3.05) is 6.54 Å². The van der Waals surface area contributed by atoms with Crippen LogP contribution in [0.3, 0.4) is 0 Å². The number of fused-ring (bicyclic) bond motifs is 1. The molecule has 212 valence electrons. The Bertz CT molecular complexity index is 1220. The van der Waals surface area contributed by atoms with Crippen LogP contribution in [0.25, 0.3) is 10.9 Å². The first kappa shape index (κ1) is 30.6. The third kappa shape index (κ3) is 9.62. The van der Waals surface area contributed by atoms with E-state index in [0.717, 1.165) is 16.5 Å². The minimum atomic E-state index is -1.59. The zero-order chi connectivity index (χ0) is 29.1. The molecule has 2 aromatic rings. The van der Waals surface area contributed by atoms with Gasteiger partial charge in [-0.2, -0.15) is 0 Å². The van der Waals surface area contributed by atoms with Gasteiger partial charge in [-0.1, -0.05) is 18.2 Å². The SMILES string of the molecule is CC(NC(=O)C(N)Cc1c[nH]c2ccccc12)C(=O)NC(CCCN=C(N)N)C(=O)NC(CC(N)=O)C(=O)O. The Balaban J connectivity index is 2.03. The maximum atomic E-state index is 12.8. The zero-order valence-electron chi connectivity index (χ0n) is 21.5. The van der Waals surface area contributed by atoms with E-state index in [1.165, 1.54) is 6.92 Å². The molecular formula is C24H35N9O6. The van der Waals surface area contributed by atoms with E-state index in [0.29, 0.717) is 0 Å². The summed E-state index contributed by atoms with van der Waals surface area (Å²) in [6.07, 6.45) is 1.62. The molecule has 4 amide bonds. The largest absolute Gasteiger partial charge is 0.480 e. The third-order valence-electron chi connectivity index (χ3n) is 5.80. The zero-order valence-corrected chi connectivity index (χ0v) is 21.5. The van der Waals surface area contributed by atoms with E-state index in [2.05, 4.69) is 25.9 Å². The molecule has 4 atom stereocenters. The van der Waals surface area contributed by atoms with Gasteiger partial charge in [-0.3, -0.25) is 24.2 Å². The van der Waals surface area contributed by atoms with Gasteiger partial charge >= 0.3 is 5.97 Å². The van der Waals surface area contributed by atoms with Crippen molar-refractivity contribution < 1.29 is 29.1 Å². The van der Waals surface area contributed by atoms with Crippen LogP contribution in [-0.4, -0.2) is 76.4 Å². The summed E-state index contributed by atoms with van der Waals surface area (Å²) in [5.41, 5.74) is 23.5. The Morgan fingerprint density at radius 2 is 1.64 bits per heavy atom. The van der Waals surface area contributed by atoms with Crippen LogP contribution in [0, 0.1) is 0 Å². The second-order valence-corrected chi connectivity index (χ2v) is 8.98. The lowest BCUT2D eigenvalue weighted by atomic mass is 10.0. The van der Waals surface area contributed by atoms with Gasteiger partial charge in [0.05, 0.1) is 12.5 Å². The first-order valence-electron chi connectivity index (χ1n) is 12.2. The van der Waals surface area contributed by atoms with Gasteiger partial charge in [-0.05, 0) is 37.8 Å². The topological polar surface area (TPSA) is 274 Å². The van der Waals surface area contributed by atoms with Crippen LogP contribution in [0.2, 0.25) is 0 Å². The van der Waals surface area contributed by atoms with Crippen molar-refractivity contribution in [2.24, 2.45) is 27.9 Å². The Morgan fingerprint density at radius 1 is 0.974 bits per heavy atom. The molecule has 1 aromatic heterocycles. The summed E-state index contributed by atoms with van der Waals surface area (Å²) in [7, 11) is 0. The summed E-state index contributed by atoms with van der Waals surface area (Å²) in [5.74, 6) is -4.73. The molecule has 2 rings (SSSR count). The van der Waals surface area contributed by atoms with Crippen LogP contribution >= 0.6 is 0 Å². The van der Waals surface area contributed by atoms with E-state index in [1.807, 2.05) is 24.3 Å². The molecule has 0 aliphatic heterocycles. The second-order valence-electron chi connectivity index (χ2n) is 8.98. The molecule has 0 aliphatic carbocycles. The highest BCUT2D eigenvalue weighted by molar-refractivity contribution is 5.95. The van der Waals surface area contributed by atoms with Crippen molar-refractivity contribution in [1.29, 1.82) is 0 Å². The van der Waals surface area contributed by atoms with E-state index in [9.17, 15) is 29.1 Å². The van der Waals surface area contributed by atoms with Crippen molar-refractivity contribution in [1.82, 2.24) is 20.9 Å². The summed E-state index contributed by atoms with van der Waals surface area (Å²) >= 11 is 0. The molecule has 0 saturated carbocycles. The predicted molar refractivity (Wildman–Crippen MR) is 143 cm³/mol. The number of hydrogen-bond acceptors (Lipinski definition) is 7. The number of rotatable bonds is 15. The van der Waals surface area contributed by atoms with Crippen molar-refractivity contribution in [3.8, 4) is 0 Å². The number of amides is 4. The maximum absolute atomic E-state index is 12.8. The van der Waals surface area contributed by atoms with Crippen molar-refractivity contribution >= 4 is 46.5 Å². The quantitative estimate of drug-likeness (QED) is 0.0650. The van der Waals surface area contributed by atoms with E-state index in [1.54, 1.807) is 6.20 Å². The molecule has 0 radical (unpaired) electrons. The Hall–Kier alpha value is -4.66. The first-order chi connectivity index (χ1) is 18.4. The third-order valence-corrected chi connectivity index (χ3v) is 5.80. The Kier molecular flexibility index (Phi) is 11.2. The fraction of sp³-hybridized carbons (Fsp3) is 0.417. The minimum Gasteiger partial charge on any atom is -0.480 e. The molecule has 1 heterocycles. The number of guanidine groups is 1. The van der Waals surface area contributed by atoms with Gasteiger partial charge in [0.25, 0.3) is 0 Å². The Morgan fingerprint density at radius 3 is 2.28 bits per heavy atom. The number of aliphatic carboxylic acids is 1. The summed E-state index contributed by atoms with van der Waals surface area (Å²) in [6, 6.07) is 2.69. The molecule has 1 aromatic carbocycles. The molecular weight excluding hydrogens is 510 g/mol. The maximum Gasteiger partial charge on any atom is 0.326 e. The molecule has 0 spiro atoms. The standard InChI is InChI=1S/C24H35N9O6/c1-12(31-21(36)15(25)9-13-11-30-16-6-3-2-5-14(13)16)20(35)32-17(7-4-8-29-24(27)28)22(37)33-18(23(38)39)10-19(26)34/h2-3,5-6,11-12,15,17-18,30H,4,7-10,25H2,1H3,(H2,26,34)(H,31,36)(H,32,35)(H,33,37)(H,38,39)(H4,27,28,29). The molecule has 13 N–H and O–H groups in total. The fourth-order valence-electron chi connectivity index (χ4n) is 3.76. The molecule has 39 heavy (non-hydrogen) atoms. The molecule has 0 fully saturated rings. The number of hydrogen-bond donors (Lipinski definition) is 9. The van der Waals surface area contributed by atoms with Crippen molar-refractivity contribution in [3.63, 3.8) is 0 Å². The summed E-state index contributed by atoms with van der Waals surface area (Å²) in [5, 5.41) is 17.4. The summed E-state index contributed by atoms with van der Waals surface area (Å²) < 4.78 is 0. The number of carbonyl (C=O) groups is 5. The lowest BCUT2D eigenvalue weighted by Gasteiger charge is -2.23. The van der Waals surface area contributed by atoms with Crippen LogP contribution in [0.15, 0.2) is 35.5 Å². The number of primary amides is 1. The number of H-pyrrole nitrogens is 1. The normalized spacial score (nSPS) is 13.9. The van der Waals surface area contributed by atoms with Gasteiger partial charge in [0.2, 0.25) is 23.6 Å². The average Bonchev–Trinajstić information content (AvgIpc) is 3.27. The lowest BCUT2D eigenvalue weighted by molar-refractivity contribution is -0.143. The molecule has 15 heteroatoms. The number of aliphatic imine (C=N–C) groups is 1. The average molecular weight is 546 g/mol. The van der Waals surface area contributed by atoms with E-state index in [-0.39, 0.29) is 31.8 Å². The molecule has 0 aliphatic rings. The lowest BCUT2D eigenvalue weighted by Crippen LogP contribution is -2.56. The van der Waals surface area contributed by atoms with Gasteiger partial charge < -0.3 is 49.0 Å². The molecule has 15 nitrogen and oxygen atoms in total. The van der Waals surface area contributed by atoms with Gasteiger partial charge in [0, 0.05) is 23.6 Å². The highest BCUT2D eigenvalue weighted by Gasteiger charge is 2.29. The number of aromatic amines is 1. The molecule has 0 saturated heterocycles. The van der Waals surface area contributed by atoms with E-state index >= 15 is 0 Å². The monoisotopic (exact) mass is 545 g/mol. The Labute approximate surface area is 224 Å².